The van der Waals surface area contributed by atoms with E-state index in [-0.39, 0.29) is 17.4 Å². The molecule has 0 radical (unpaired) electrons. The molecule has 19 heavy (non-hydrogen) atoms. The molecule has 0 saturated carbocycles. The normalized spacial score (nSPS) is 10.5. The number of rotatable bonds is 5. The third-order valence-corrected chi connectivity index (χ3v) is 2.85. The van der Waals surface area contributed by atoms with Gasteiger partial charge in [-0.05, 0) is 12.1 Å². The van der Waals surface area contributed by atoms with Gasteiger partial charge in [-0.2, -0.15) is 0 Å². The maximum absolute atomic E-state index is 13.8. The molecule has 2 nitrogen and oxygen atoms in total. The minimum Gasteiger partial charge on any atom is -0.494 e. The third kappa shape index (κ3) is 3.29. The minimum absolute atomic E-state index is 0.213. The molecule has 0 aromatic heterocycles. The molecule has 0 unspecified atom stereocenters. The van der Waals surface area contributed by atoms with Crippen molar-refractivity contribution < 1.29 is 13.5 Å². The topological polar surface area (TPSA) is 21.3 Å². The van der Waals surface area contributed by atoms with Crippen LogP contribution in [0.1, 0.15) is 11.1 Å². The van der Waals surface area contributed by atoms with Gasteiger partial charge in [0, 0.05) is 24.2 Å². The van der Waals surface area contributed by atoms with E-state index >= 15 is 0 Å². The summed E-state index contributed by atoms with van der Waals surface area (Å²) in [4.78, 5) is 0. The van der Waals surface area contributed by atoms with Crippen molar-refractivity contribution in [3.8, 4) is 5.75 Å². The lowest BCUT2D eigenvalue weighted by atomic mass is 10.1. The second-order valence-electron chi connectivity index (χ2n) is 4.13. The molecule has 0 aliphatic rings. The molecule has 2 aromatic carbocycles. The highest BCUT2D eigenvalue weighted by molar-refractivity contribution is 5.31. The lowest BCUT2D eigenvalue weighted by Crippen LogP contribution is -2.14. The Kier molecular flexibility index (Phi) is 4.47. The Morgan fingerprint density at radius 1 is 0.947 bits per heavy atom. The number of hydrogen-bond acceptors (Lipinski definition) is 2. The Morgan fingerprint density at radius 2 is 1.63 bits per heavy atom. The van der Waals surface area contributed by atoms with Crippen LogP contribution in [0.4, 0.5) is 8.78 Å². The fourth-order valence-electron chi connectivity index (χ4n) is 1.82. The van der Waals surface area contributed by atoms with Crippen LogP contribution in [0.2, 0.25) is 0 Å². The third-order valence-electron chi connectivity index (χ3n) is 2.85. The molecule has 0 amide bonds. The maximum atomic E-state index is 13.8. The Morgan fingerprint density at radius 3 is 2.37 bits per heavy atom. The first-order valence-electron chi connectivity index (χ1n) is 5.98. The van der Waals surface area contributed by atoms with Gasteiger partial charge in [0.1, 0.15) is 5.82 Å². The summed E-state index contributed by atoms with van der Waals surface area (Å²) < 4.78 is 32.1. The molecule has 0 fully saturated rings. The van der Waals surface area contributed by atoms with Gasteiger partial charge in [0.2, 0.25) is 0 Å². The highest BCUT2D eigenvalue weighted by Crippen LogP contribution is 2.19. The van der Waals surface area contributed by atoms with E-state index in [1.165, 1.54) is 13.2 Å². The summed E-state index contributed by atoms with van der Waals surface area (Å²) >= 11 is 0. The SMILES string of the molecule is COc1cccc(CNCc2ccccc2F)c1F. The Labute approximate surface area is 111 Å². The van der Waals surface area contributed by atoms with Gasteiger partial charge in [-0.3, -0.25) is 0 Å². The highest BCUT2D eigenvalue weighted by Gasteiger charge is 2.08. The fourth-order valence-corrected chi connectivity index (χ4v) is 1.82. The van der Waals surface area contributed by atoms with Gasteiger partial charge in [0.05, 0.1) is 7.11 Å². The fraction of sp³-hybridized carbons (Fsp3) is 0.200. The van der Waals surface area contributed by atoms with E-state index < -0.39 is 0 Å². The molecule has 0 heterocycles. The second-order valence-corrected chi connectivity index (χ2v) is 4.13. The molecular formula is C15H15F2NO. The summed E-state index contributed by atoms with van der Waals surface area (Å²) in [5.41, 5.74) is 1.06. The van der Waals surface area contributed by atoms with Crippen LogP contribution in [0.3, 0.4) is 0 Å². The smallest absolute Gasteiger partial charge is 0.169 e. The van der Waals surface area contributed by atoms with Crippen LogP contribution in [0, 0.1) is 11.6 Å². The number of benzene rings is 2. The number of methoxy groups -OCH3 is 1. The first-order chi connectivity index (χ1) is 9.22. The molecule has 2 aromatic rings. The molecule has 0 aliphatic carbocycles. The number of ether oxygens (including phenoxy) is 1. The van der Waals surface area contributed by atoms with Gasteiger partial charge in [0.25, 0.3) is 0 Å². The Balaban J connectivity index is 1.98. The maximum Gasteiger partial charge on any atom is 0.169 e. The van der Waals surface area contributed by atoms with E-state index in [0.29, 0.717) is 24.2 Å². The van der Waals surface area contributed by atoms with Gasteiger partial charge < -0.3 is 10.1 Å². The first kappa shape index (κ1) is 13.5. The average Bonchev–Trinajstić information content (AvgIpc) is 2.43. The lowest BCUT2D eigenvalue weighted by molar-refractivity contribution is 0.383. The van der Waals surface area contributed by atoms with Crippen molar-refractivity contribution in [3.05, 3.63) is 65.2 Å². The summed E-state index contributed by atoms with van der Waals surface area (Å²) in [6.45, 7) is 0.667. The van der Waals surface area contributed by atoms with Crippen molar-refractivity contribution in [1.29, 1.82) is 0 Å². The summed E-state index contributed by atoms with van der Waals surface area (Å²) in [5, 5.41) is 3.02. The predicted molar refractivity (Wildman–Crippen MR) is 69.9 cm³/mol. The zero-order valence-electron chi connectivity index (χ0n) is 10.6. The average molecular weight is 263 g/mol. The van der Waals surface area contributed by atoms with Gasteiger partial charge in [-0.1, -0.05) is 30.3 Å². The predicted octanol–water partition coefficient (Wildman–Crippen LogP) is 3.26. The molecular weight excluding hydrogens is 248 g/mol. The summed E-state index contributed by atoms with van der Waals surface area (Å²) in [6, 6.07) is 11.5. The van der Waals surface area contributed by atoms with Crippen molar-refractivity contribution in [2.24, 2.45) is 0 Å². The van der Waals surface area contributed by atoms with E-state index in [1.807, 2.05) is 0 Å². The van der Waals surface area contributed by atoms with E-state index in [9.17, 15) is 8.78 Å². The van der Waals surface area contributed by atoms with Crippen molar-refractivity contribution in [2.75, 3.05) is 7.11 Å². The minimum atomic E-state index is -0.383. The van der Waals surface area contributed by atoms with E-state index in [0.717, 1.165) is 0 Å². The van der Waals surface area contributed by atoms with Crippen LogP contribution in [-0.2, 0) is 13.1 Å². The molecule has 4 heteroatoms. The van der Waals surface area contributed by atoms with Crippen molar-refractivity contribution in [2.45, 2.75) is 13.1 Å². The van der Waals surface area contributed by atoms with Gasteiger partial charge >= 0.3 is 0 Å². The molecule has 2 rings (SSSR count). The number of halogens is 2. The van der Waals surface area contributed by atoms with E-state index in [1.54, 1.807) is 36.4 Å². The second kappa shape index (κ2) is 6.29. The van der Waals surface area contributed by atoms with Crippen LogP contribution < -0.4 is 10.1 Å². The molecule has 0 saturated heterocycles. The van der Waals surface area contributed by atoms with Crippen LogP contribution in [0.15, 0.2) is 42.5 Å². The monoisotopic (exact) mass is 263 g/mol. The molecule has 100 valence electrons. The number of hydrogen-bond donors (Lipinski definition) is 1. The van der Waals surface area contributed by atoms with E-state index in [2.05, 4.69) is 5.32 Å². The zero-order chi connectivity index (χ0) is 13.7. The van der Waals surface area contributed by atoms with Gasteiger partial charge in [0.15, 0.2) is 11.6 Å². The summed E-state index contributed by atoms with van der Waals surface area (Å²) in [6.07, 6.45) is 0. The quantitative estimate of drug-likeness (QED) is 0.894. The van der Waals surface area contributed by atoms with E-state index in [4.69, 9.17) is 4.74 Å². The highest BCUT2D eigenvalue weighted by atomic mass is 19.1. The van der Waals surface area contributed by atoms with Crippen LogP contribution in [0.5, 0.6) is 5.75 Å². The van der Waals surface area contributed by atoms with Crippen LogP contribution in [-0.4, -0.2) is 7.11 Å². The van der Waals surface area contributed by atoms with Crippen molar-refractivity contribution >= 4 is 0 Å². The van der Waals surface area contributed by atoms with Crippen LogP contribution in [0.25, 0.3) is 0 Å². The standard InChI is InChI=1S/C15H15F2NO/c1-19-14-8-4-6-12(15(14)17)10-18-9-11-5-2-3-7-13(11)16/h2-8,18H,9-10H2,1H3. The molecule has 0 bridgehead atoms. The van der Waals surface area contributed by atoms with Crippen molar-refractivity contribution in [1.82, 2.24) is 5.32 Å². The Bertz CT molecular complexity index is 558. The Hall–Kier alpha value is -1.94. The van der Waals surface area contributed by atoms with Gasteiger partial charge in [-0.25, -0.2) is 8.78 Å². The van der Waals surface area contributed by atoms with Crippen LogP contribution >= 0.6 is 0 Å². The lowest BCUT2D eigenvalue weighted by Gasteiger charge is -2.09. The molecule has 0 spiro atoms. The summed E-state index contributed by atoms with van der Waals surface area (Å²) in [5.74, 6) is -0.433. The molecule has 1 N–H and O–H groups in total. The first-order valence-corrected chi connectivity index (χ1v) is 5.98. The number of nitrogens with one attached hydrogen (secondary N) is 1. The molecule has 0 aliphatic heterocycles. The van der Waals surface area contributed by atoms with Gasteiger partial charge in [-0.15, -0.1) is 0 Å². The summed E-state index contributed by atoms with van der Waals surface area (Å²) in [7, 11) is 1.43. The zero-order valence-corrected chi connectivity index (χ0v) is 10.6. The largest absolute Gasteiger partial charge is 0.494 e. The molecule has 0 atom stereocenters. The van der Waals surface area contributed by atoms with Crippen molar-refractivity contribution in [3.63, 3.8) is 0 Å².